The molecule has 0 unspecified atom stereocenters. The molecule has 2 rings (SSSR count). The van der Waals surface area contributed by atoms with E-state index in [1.165, 1.54) is 0 Å². The first-order chi connectivity index (χ1) is 10.6. The summed E-state index contributed by atoms with van der Waals surface area (Å²) in [5.74, 6) is 0.00349. The highest BCUT2D eigenvalue weighted by molar-refractivity contribution is 9.10. The first-order valence-corrected chi connectivity index (χ1v) is 7.47. The van der Waals surface area contributed by atoms with Gasteiger partial charge in [-0.1, -0.05) is 12.1 Å². The molecular weight excluding hydrogens is 350 g/mol. The Hall–Kier alpha value is -2.12. The van der Waals surface area contributed by atoms with Gasteiger partial charge in [-0.2, -0.15) is 0 Å². The van der Waals surface area contributed by atoms with Gasteiger partial charge >= 0.3 is 0 Å². The van der Waals surface area contributed by atoms with Gasteiger partial charge in [0.05, 0.1) is 24.4 Å². The maximum absolute atomic E-state index is 11.9. The van der Waals surface area contributed by atoms with Crippen LogP contribution in [0.5, 0.6) is 0 Å². The normalized spacial score (nSPS) is 11.7. The highest BCUT2D eigenvalue weighted by Gasteiger charge is 2.12. The molecule has 0 aliphatic heterocycles. The lowest BCUT2D eigenvalue weighted by Crippen LogP contribution is -2.45. The molecule has 0 spiro atoms. The Morgan fingerprint density at radius 1 is 1.18 bits per heavy atom. The summed E-state index contributed by atoms with van der Waals surface area (Å²) >= 11 is 3.28. The predicted octanol–water partition coefficient (Wildman–Crippen LogP) is 2.15. The van der Waals surface area contributed by atoms with Crippen molar-refractivity contribution in [3.8, 4) is 0 Å². The van der Waals surface area contributed by atoms with Crippen molar-refractivity contribution < 1.29 is 14.0 Å². The van der Waals surface area contributed by atoms with E-state index < -0.39 is 0 Å². The molecule has 0 bridgehead atoms. The number of rotatable bonds is 5. The molecule has 1 aromatic heterocycles. The third-order valence-electron chi connectivity index (χ3n) is 2.97. The summed E-state index contributed by atoms with van der Waals surface area (Å²) in [6.07, 6.45) is 1.57. The van der Waals surface area contributed by atoms with E-state index in [9.17, 15) is 9.59 Å². The number of amides is 2. The van der Waals surface area contributed by atoms with Crippen molar-refractivity contribution in [1.82, 2.24) is 16.2 Å². The highest BCUT2D eigenvalue weighted by Crippen LogP contribution is 2.15. The van der Waals surface area contributed by atoms with Crippen LogP contribution >= 0.6 is 15.9 Å². The zero-order valence-corrected chi connectivity index (χ0v) is 13.5. The van der Waals surface area contributed by atoms with E-state index in [2.05, 4.69) is 32.1 Å². The van der Waals surface area contributed by atoms with Crippen molar-refractivity contribution >= 4 is 27.7 Å². The fourth-order valence-electron chi connectivity index (χ4n) is 1.77. The lowest BCUT2D eigenvalue weighted by atomic mass is 10.2. The molecule has 116 valence electrons. The first kappa shape index (κ1) is 16.3. The number of benzene rings is 1. The van der Waals surface area contributed by atoms with Crippen LogP contribution in [-0.4, -0.2) is 18.4 Å². The lowest BCUT2D eigenvalue weighted by Gasteiger charge is -2.12. The van der Waals surface area contributed by atoms with E-state index in [1.54, 1.807) is 36.6 Å². The van der Waals surface area contributed by atoms with Crippen molar-refractivity contribution in [1.29, 1.82) is 0 Å². The molecule has 3 N–H and O–H groups in total. The summed E-state index contributed by atoms with van der Waals surface area (Å²) in [7, 11) is 0. The number of hydrazine groups is 1. The van der Waals surface area contributed by atoms with E-state index in [4.69, 9.17) is 4.42 Å². The Morgan fingerprint density at radius 2 is 1.95 bits per heavy atom. The minimum Gasteiger partial charge on any atom is -0.468 e. The summed E-state index contributed by atoms with van der Waals surface area (Å²) in [6.45, 7) is 1.93. The molecule has 22 heavy (non-hydrogen) atoms. The standard InChI is InChI=1S/C15H16BrN3O3/c1-10(13-7-4-8-22-13)17-9-14(20)18-19-15(21)11-5-2-3-6-12(11)16/h2-8,10,17H,9H2,1H3,(H,18,20)(H,19,21)/t10-/m1/s1. The fourth-order valence-corrected chi connectivity index (χ4v) is 2.23. The van der Waals surface area contributed by atoms with E-state index in [0.29, 0.717) is 10.0 Å². The van der Waals surface area contributed by atoms with E-state index >= 15 is 0 Å². The summed E-state index contributed by atoms with van der Waals surface area (Å²) in [4.78, 5) is 23.6. The van der Waals surface area contributed by atoms with Crippen LogP contribution in [0.3, 0.4) is 0 Å². The van der Waals surface area contributed by atoms with Crippen LogP contribution in [-0.2, 0) is 4.79 Å². The summed E-state index contributed by atoms with van der Waals surface area (Å²) in [6, 6.07) is 10.5. The Bertz CT molecular complexity index is 643. The third kappa shape index (κ3) is 4.44. The SMILES string of the molecule is C[C@@H](NCC(=O)NNC(=O)c1ccccc1Br)c1ccco1. The molecule has 0 aliphatic rings. The number of furan rings is 1. The maximum atomic E-state index is 11.9. The van der Waals surface area contributed by atoms with Gasteiger partial charge in [0.25, 0.3) is 11.8 Å². The topological polar surface area (TPSA) is 83.4 Å². The van der Waals surface area contributed by atoms with E-state index in [-0.39, 0.29) is 24.4 Å². The summed E-state index contributed by atoms with van der Waals surface area (Å²) in [5, 5.41) is 2.99. The van der Waals surface area contributed by atoms with Crippen molar-refractivity contribution in [3.05, 3.63) is 58.5 Å². The van der Waals surface area contributed by atoms with Gasteiger partial charge in [0.15, 0.2) is 0 Å². The second-order valence-corrected chi connectivity index (χ2v) is 5.45. The molecule has 1 aromatic carbocycles. The average molecular weight is 366 g/mol. The van der Waals surface area contributed by atoms with Crippen LogP contribution < -0.4 is 16.2 Å². The minimum atomic E-state index is -0.389. The van der Waals surface area contributed by atoms with Crippen LogP contribution in [0.4, 0.5) is 0 Å². The molecule has 1 heterocycles. The van der Waals surface area contributed by atoms with Crippen LogP contribution in [0.2, 0.25) is 0 Å². The van der Waals surface area contributed by atoms with E-state index in [0.717, 1.165) is 5.76 Å². The molecule has 2 amide bonds. The van der Waals surface area contributed by atoms with Gasteiger partial charge in [0.2, 0.25) is 0 Å². The van der Waals surface area contributed by atoms with Crippen molar-refractivity contribution in [2.75, 3.05) is 6.54 Å². The molecule has 0 saturated heterocycles. The number of carbonyl (C=O) groups excluding carboxylic acids is 2. The molecule has 0 saturated carbocycles. The smallest absolute Gasteiger partial charge is 0.270 e. The van der Waals surface area contributed by atoms with Gasteiger partial charge in [0, 0.05) is 4.47 Å². The predicted molar refractivity (Wildman–Crippen MR) is 84.9 cm³/mol. The number of nitrogens with one attached hydrogen (secondary N) is 3. The van der Waals surface area contributed by atoms with E-state index in [1.807, 2.05) is 13.0 Å². The van der Waals surface area contributed by atoms with Crippen molar-refractivity contribution in [2.24, 2.45) is 0 Å². The summed E-state index contributed by atoms with van der Waals surface area (Å²) < 4.78 is 5.89. The van der Waals surface area contributed by atoms with Crippen LogP contribution in [0.1, 0.15) is 29.1 Å². The fraction of sp³-hybridized carbons (Fsp3) is 0.200. The van der Waals surface area contributed by atoms with Crippen LogP contribution in [0.25, 0.3) is 0 Å². The van der Waals surface area contributed by atoms with Gasteiger partial charge in [-0.05, 0) is 47.1 Å². The monoisotopic (exact) mass is 365 g/mol. The number of carbonyl (C=O) groups is 2. The Balaban J connectivity index is 1.76. The van der Waals surface area contributed by atoms with Gasteiger partial charge in [-0.3, -0.25) is 25.8 Å². The van der Waals surface area contributed by atoms with Crippen molar-refractivity contribution in [2.45, 2.75) is 13.0 Å². The average Bonchev–Trinajstić information content (AvgIpc) is 3.05. The minimum absolute atomic E-state index is 0.0537. The zero-order chi connectivity index (χ0) is 15.9. The highest BCUT2D eigenvalue weighted by atomic mass is 79.9. The van der Waals surface area contributed by atoms with Gasteiger partial charge in [0.1, 0.15) is 5.76 Å². The molecular formula is C15H16BrN3O3. The maximum Gasteiger partial charge on any atom is 0.270 e. The number of hydrogen-bond acceptors (Lipinski definition) is 4. The summed E-state index contributed by atoms with van der Waals surface area (Å²) in [5.41, 5.74) is 5.17. The Kier molecular flexibility index (Phi) is 5.74. The molecule has 0 aliphatic carbocycles. The molecule has 2 aromatic rings. The lowest BCUT2D eigenvalue weighted by molar-refractivity contribution is -0.121. The molecule has 7 heteroatoms. The zero-order valence-electron chi connectivity index (χ0n) is 11.9. The second kappa shape index (κ2) is 7.77. The molecule has 6 nitrogen and oxygen atoms in total. The number of hydrogen-bond donors (Lipinski definition) is 3. The molecule has 0 fully saturated rings. The largest absolute Gasteiger partial charge is 0.468 e. The van der Waals surface area contributed by atoms with Crippen LogP contribution in [0.15, 0.2) is 51.6 Å². The first-order valence-electron chi connectivity index (χ1n) is 6.68. The Labute approximate surface area is 136 Å². The van der Waals surface area contributed by atoms with Gasteiger partial charge < -0.3 is 4.42 Å². The third-order valence-corrected chi connectivity index (χ3v) is 3.66. The second-order valence-electron chi connectivity index (χ2n) is 4.60. The number of halogens is 1. The quantitative estimate of drug-likeness (QED) is 0.709. The van der Waals surface area contributed by atoms with Crippen LogP contribution in [0, 0.1) is 0 Å². The molecule has 0 radical (unpaired) electrons. The van der Waals surface area contributed by atoms with Gasteiger partial charge in [-0.25, -0.2) is 0 Å². The Morgan fingerprint density at radius 3 is 2.64 bits per heavy atom. The van der Waals surface area contributed by atoms with Gasteiger partial charge in [-0.15, -0.1) is 0 Å². The van der Waals surface area contributed by atoms with Crippen molar-refractivity contribution in [3.63, 3.8) is 0 Å². The molecule has 1 atom stereocenters.